The van der Waals surface area contributed by atoms with Crippen molar-refractivity contribution < 1.29 is 13.2 Å². The maximum Gasteiger partial charge on any atom is 0.248 e. The molecule has 0 saturated carbocycles. The maximum absolute atomic E-state index is 12.2. The summed E-state index contributed by atoms with van der Waals surface area (Å²) in [6.07, 6.45) is 0.375. The quantitative estimate of drug-likeness (QED) is 0.778. The summed E-state index contributed by atoms with van der Waals surface area (Å²) in [5, 5.41) is 1.09. The maximum atomic E-state index is 12.2. The predicted octanol–water partition coefficient (Wildman–Crippen LogP) is 3.30. The van der Waals surface area contributed by atoms with Gasteiger partial charge in [0.15, 0.2) is 15.0 Å². The Hall–Kier alpha value is -1.05. The van der Waals surface area contributed by atoms with Crippen molar-refractivity contribution in [3.05, 3.63) is 28.8 Å². The predicted molar refractivity (Wildman–Crippen MR) is 104 cm³/mol. The van der Waals surface area contributed by atoms with E-state index in [1.165, 1.54) is 11.8 Å². The summed E-state index contributed by atoms with van der Waals surface area (Å²) in [5.74, 6) is 0.248. The summed E-state index contributed by atoms with van der Waals surface area (Å²) < 4.78 is 24.1. The van der Waals surface area contributed by atoms with Gasteiger partial charge in [0.1, 0.15) is 0 Å². The molecule has 2 heterocycles. The van der Waals surface area contributed by atoms with E-state index in [0.29, 0.717) is 16.6 Å². The molecule has 8 heteroatoms. The third-order valence-corrected chi connectivity index (χ3v) is 7.92. The van der Waals surface area contributed by atoms with Gasteiger partial charge in [-0.15, -0.1) is 0 Å². The minimum atomic E-state index is -3.07. The number of sulfone groups is 1. The molecule has 2 aliphatic rings. The highest BCUT2D eigenvalue weighted by atomic mass is 35.5. The van der Waals surface area contributed by atoms with Crippen molar-refractivity contribution in [3.63, 3.8) is 0 Å². The van der Waals surface area contributed by atoms with Gasteiger partial charge >= 0.3 is 0 Å². The second kappa shape index (κ2) is 6.93. The van der Waals surface area contributed by atoms with Crippen molar-refractivity contribution >= 4 is 50.0 Å². The molecule has 136 valence electrons. The van der Waals surface area contributed by atoms with Crippen molar-refractivity contribution in [1.29, 1.82) is 0 Å². The molecular formula is C17H21ClN2O3S2. The number of benzene rings is 1. The lowest BCUT2D eigenvalue weighted by atomic mass is 10.1. The van der Waals surface area contributed by atoms with Gasteiger partial charge in [-0.1, -0.05) is 43.3 Å². The van der Waals surface area contributed by atoms with Gasteiger partial charge in [0, 0.05) is 22.4 Å². The monoisotopic (exact) mass is 400 g/mol. The summed E-state index contributed by atoms with van der Waals surface area (Å²) in [4.78, 5) is 18.3. The Labute approximate surface area is 157 Å². The molecule has 2 unspecified atom stereocenters. The minimum Gasteiger partial charge on any atom is -0.316 e. The van der Waals surface area contributed by atoms with Crippen LogP contribution in [0.15, 0.2) is 23.2 Å². The van der Waals surface area contributed by atoms with Gasteiger partial charge in [0.25, 0.3) is 0 Å². The summed E-state index contributed by atoms with van der Waals surface area (Å²) in [6, 6.07) is 5.40. The van der Waals surface area contributed by atoms with E-state index in [9.17, 15) is 13.2 Å². The minimum absolute atomic E-state index is 0.0769. The highest BCUT2D eigenvalue weighted by Gasteiger charge is 2.49. The second-order valence-electron chi connectivity index (χ2n) is 6.99. The van der Waals surface area contributed by atoms with Gasteiger partial charge in [0.2, 0.25) is 5.91 Å². The van der Waals surface area contributed by atoms with Gasteiger partial charge in [-0.25, -0.2) is 8.42 Å². The Kier molecular flexibility index (Phi) is 5.19. The summed E-state index contributed by atoms with van der Waals surface area (Å²) >= 11 is 7.64. The van der Waals surface area contributed by atoms with Gasteiger partial charge in [-0.2, -0.15) is 4.99 Å². The Balaban J connectivity index is 1.99. The number of aryl methyl sites for hydroxylation is 1. The number of anilines is 1. The number of rotatable bonds is 3. The first-order valence-electron chi connectivity index (χ1n) is 8.20. The van der Waals surface area contributed by atoms with Gasteiger partial charge in [-0.3, -0.25) is 4.79 Å². The zero-order chi connectivity index (χ0) is 18.4. The number of amidine groups is 1. The van der Waals surface area contributed by atoms with Crippen molar-refractivity contribution in [1.82, 2.24) is 0 Å². The van der Waals surface area contributed by atoms with Crippen LogP contribution in [0.5, 0.6) is 0 Å². The topological polar surface area (TPSA) is 66.8 Å². The van der Waals surface area contributed by atoms with Gasteiger partial charge < -0.3 is 4.90 Å². The zero-order valence-electron chi connectivity index (χ0n) is 14.4. The third kappa shape index (κ3) is 4.04. The van der Waals surface area contributed by atoms with Crippen molar-refractivity contribution in [2.45, 2.75) is 38.5 Å². The van der Waals surface area contributed by atoms with Crippen molar-refractivity contribution in [2.75, 3.05) is 16.4 Å². The molecule has 5 nitrogen and oxygen atoms in total. The van der Waals surface area contributed by atoms with Crippen LogP contribution in [-0.2, 0) is 14.6 Å². The summed E-state index contributed by atoms with van der Waals surface area (Å²) in [6.45, 7) is 5.85. The lowest BCUT2D eigenvalue weighted by molar-refractivity contribution is -0.118. The van der Waals surface area contributed by atoms with Crippen molar-refractivity contribution in [2.24, 2.45) is 10.9 Å². The molecule has 0 aliphatic carbocycles. The lowest BCUT2D eigenvalue weighted by Crippen LogP contribution is -2.37. The van der Waals surface area contributed by atoms with Crippen LogP contribution in [0.3, 0.4) is 0 Å². The fourth-order valence-electron chi connectivity index (χ4n) is 3.10. The van der Waals surface area contributed by atoms with Crippen LogP contribution in [0.4, 0.5) is 5.69 Å². The number of nitrogens with zero attached hydrogens (tertiary/aromatic N) is 2. The second-order valence-corrected chi connectivity index (χ2v) is 10.8. The molecule has 1 aromatic rings. The fraction of sp³-hybridized carbons (Fsp3) is 0.529. The number of aliphatic imine (C=N–C) groups is 1. The average Bonchev–Trinajstić information content (AvgIpc) is 2.92. The van der Waals surface area contributed by atoms with E-state index in [2.05, 4.69) is 4.99 Å². The number of fused-ring (bicyclic) bond motifs is 1. The SMILES string of the molecule is Cc1ccc(N2C(=NC(=O)CC(C)C)SC3CS(=O)(=O)CC32)cc1Cl. The Morgan fingerprint density at radius 2 is 2.12 bits per heavy atom. The molecule has 2 atom stereocenters. The van der Waals surface area contributed by atoms with E-state index >= 15 is 0 Å². The van der Waals surface area contributed by atoms with E-state index < -0.39 is 9.84 Å². The lowest BCUT2D eigenvalue weighted by Gasteiger charge is -2.25. The molecule has 0 bridgehead atoms. The number of hydrogen-bond acceptors (Lipinski definition) is 4. The van der Waals surface area contributed by atoms with E-state index in [4.69, 9.17) is 11.6 Å². The number of amides is 1. The molecule has 2 aliphatic heterocycles. The average molecular weight is 401 g/mol. The molecule has 0 radical (unpaired) electrons. The standard InChI is InChI=1S/C17H21ClN2O3S2/c1-10(2)6-16(21)19-17-20(12-5-4-11(3)13(18)7-12)14-8-25(22,23)9-15(14)24-17/h4-5,7,10,14-15H,6,8-9H2,1-3H3. The van der Waals surface area contributed by atoms with Crippen LogP contribution in [-0.4, -0.2) is 42.3 Å². The molecule has 2 saturated heterocycles. The molecule has 0 N–H and O–H groups in total. The largest absolute Gasteiger partial charge is 0.316 e. The number of carbonyl (C=O) groups excluding carboxylic acids is 1. The van der Waals surface area contributed by atoms with Gasteiger partial charge in [0.05, 0.1) is 17.5 Å². The molecule has 1 amide bonds. The van der Waals surface area contributed by atoms with Crippen LogP contribution in [0.1, 0.15) is 25.8 Å². The number of carbonyl (C=O) groups is 1. The molecule has 0 spiro atoms. The molecule has 2 fully saturated rings. The van der Waals surface area contributed by atoms with Crippen LogP contribution in [0.25, 0.3) is 0 Å². The first-order valence-corrected chi connectivity index (χ1v) is 11.3. The van der Waals surface area contributed by atoms with Crippen LogP contribution >= 0.6 is 23.4 Å². The van der Waals surface area contributed by atoms with Gasteiger partial charge in [-0.05, 0) is 30.5 Å². The molecule has 1 aromatic carbocycles. The smallest absolute Gasteiger partial charge is 0.248 e. The molecular weight excluding hydrogens is 380 g/mol. The molecule has 0 aromatic heterocycles. The highest BCUT2D eigenvalue weighted by Crippen LogP contribution is 2.41. The number of thioether (sulfide) groups is 1. The first-order chi connectivity index (χ1) is 11.7. The highest BCUT2D eigenvalue weighted by molar-refractivity contribution is 8.16. The fourth-order valence-corrected chi connectivity index (χ4v) is 7.21. The van der Waals surface area contributed by atoms with Crippen LogP contribution < -0.4 is 4.90 Å². The normalized spacial score (nSPS) is 26.4. The Bertz CT molecular complexity index is 836. The first kappa shape index (κ1) is 18.7. The van der Waals surface area contributed by atoms with E-state index in [0.717, 1.165) is 11.3 Å². The van der Waals surface area contributed by atoms with E-state index in [-0.39, 0.29) is 34.6 Å². The van der Waals surface area contributed by atoms with Crippen LogP contribution in [0.2, 0.25) is 5.02 Å². The van der Waals surface area contributed by atoms with E-state index in [1.807, 2.05) is 43.9 Å². The Morgan fingerprint density at radius 3 is 2.76 bits per heavy atom. The summed E-state index contributed by atoms with van der Waals surface area (Å²) in [7, 11) is -3.07. The number of halogens is 1. The number of hydrogen-bond donors (Lipinski definition) is 0. The third-order valence-electron chi connectivity index (χ3n) is 4.30. The summed E-state index contributed by atoms with van der Waals surface area (Å²) in [5.41, 5.74) is 1.73. The zero-order valence-corrected chi connectivity index (χ0v) is 16.8. The van der Waals surface area contributed by atoms with E-state index in [1.54, 1.807) is 0 Å². The van der Waals surface area contributed by atoms with Crippen LogP contribution in [0, 0.1) is 12.8 Å². The molecule has 25 heavy (non-hydrogen) atoms. The molecule has 3 rings (SSSR count). The Morgan fingerprint density at radius 1 is 1.40 bits per heavy atom. The van der Waals surface area contributed by atoms with Crippen molar-refractivity contribution in [3.8, 4) is 0 Å².